The fourth-order valence-corrected chi connectivity index (χ4v) is 4.60. The van der Waals surface area contributed by atoms with Gasteiger partial charge in [0.15, 0.2) is 5.03 Å². The number of nitrogens with zero attached hydrogens (tertiary/aromatic N) is 1. The van der Waals surface area contributed by atoms with Crippen molar-refractivity contribution in [1.29, 1.82) is 0 Å². The molecule has 1 aliphatic heterocycles. The summed E-state index contributed by atoms with van der Waals surface area (Å²) in [5, 5.41) is 3.50. The summed E-state index contributed by atoms with van der Waals surface area (Å²) in [5.74, 6) is 2.63. The Morgan fingerprint density at radius 2 is 2.14 bits per heavy atom. The first-order chi connectivity index (χ1) is 10.1. The third kappa shape index (κ3) is 4.42. The average molecular weight is 327 g/mol. The van der Waals surface area contributed by atoms with Crippen LogP contribution in [0.2, 0.25) is 0 Å². The zero-order valence-corrected chi connectivity index (χ0v) is 13.5. The van der Waals surface area contributed by atoms with E-state index in [0.717, 1.165) is 30.0 Å². The Balaban J connectivity index is 1.55. The molecule has 2 N–H and O–H groups in total. The maximum absolute atomic E-state index is 12.2. The number of hydrogen-bond acceptors (Lipinski definition) is 5. The topological polar surface area (TPSA) is 71.1 Å². The molecule has 7 heteroatoms. The largest absolute Gasteiger partial charge is 0.310 e. The van der Waals surface area contributed by atoms with Crippen molar-refractivity contribution in [2.75, 3.05) is 18.1 Å². The summed E-state index contributed by atoms with van der Waals surface area (Å²) in [4.78, 5) is 4.10. The van der Waals surface area contributed by atoms with Crippen LogP contribution in [-0.2, 0) is 16.6 Å². The van der Waals surface area contributed by atoms with Crippen molar-refractivity contribution >= 4 is 21.8 Å². The van der Waals surface area contributed by atoms with Crippen LogP contribution >= 0.6 is 11.8 Å². The van der Waals surface area contributed by atoms with Gasteiger partial charge in [-0.25, -0.2) is 18.1 Å². The maximum atomic E-state index is 12.2. The molecule has 2 aliphatic rings. The molecule has 1 atom stereocenters. The van der Waals surface area contributed by atoms with E-state index in [2.05, 4.69) is 15.0 Å². The van der Waals surface area contributed by atoms with Crippen molar-refractivity contribution in [2.45, 2.75) is 36.9 Å². The van der Waals surface area contributed by atoms with Gasteiger partial charge >= 0.3 is 0 Å². The number of pyridine rings is 1. The van der Waals surface area contributed by atoms with Crippen molar-refractivity contribution in [3.63, 3.8) is 0 Å². The highest BCUT2D eigenvalue weighted by Gasteiger charge is 2.22. The smallest absolute Gasteiger partial charge is 0.258 e. The summed E-state index contributed by atoms with van der Waals surface area (Å²) in [6.07, 6.45) is 5.22. The normalized spacial score (nSPS) is 22.6. The molecule has 1 saturated carbocycles. The van der Waals surface area contributed by atoms with Crippen LogP contribution in [-0.4, -0.2) is 37.5 Å². The van der Waals surface area contributed by atoms with Gasteiger partial charge in [0.1, 0.15) is 0 Å². The Bertz CT molecular complexity index is 564. The van der Waals surface area contributed by atoms with E-state index in [1.165, 1.54) is 12.8 Å². The summed E-state index contributed by atoms with van der Waals surface area (Å²) in [6, 6.07) is 4.07. The molecule has 0 spiro atoms. The molecule has 0 bridgehead atoms. The standard InChI is InChI=1S/C14H21N3O2S2/c18-21(19,17-9-12-5-6-20-10-12)14-4-1-11(8-16-14)7-15-13-2-3-13/h1,4,8,12-13,15,17H,2-3,5-7,9-10H2. The summed E-state index contributed by atoms with van der Waals surface area (Å²) in [5.41, 5.74) is 1.02. The van der Waals surface area contributed by atoms with Crippen LogP contribution < -0.4 is 10.0 Å². The molecule has 0 aromatic carbocycles. The number of sulfonamides is 1. The third-order valence-corrected chi connectivity index (χ3v) is 6.40. The van der Waals surface area contributed by atoms with E-state index < -0.39 is 10.0 Å². The summed E-state index contributed by atoms with van der Waals surface area (Å²) >= 11 is 1.89. The lowest BCUT2D eigenvalue weighted by Crippen LogP contribution is -2.30. The second-order valence-corrected chi connectivity index (χ2v) is 8.61. The van der Waals surface area contributed by atoms with Gasteiger partial charge in [-0.2, -0.15) is 11.8 Å². The van der Waals surface area contributed by atoms with Gasteiger partial charge in [0.25, 0.3) is 10.0 Å². The highest BCUT2D eigenvalue weighted by molar-refractivity contribution is 7.99. The second kappa shape index (κ2) is 6.64. The van der Waals surface area contributed by atoms with E-state index in [9.17, 15) is 8.42 Å². The number of thioether (sulfide) groups is 1. The Hall–Kier alpha value is -0.630. The van der Waals surface area contributed by atoms with Gasteiger partial charge in [-0.1, -0.05) is 6.07 Å². The Morgan fingerprint density at radius 3 is 2.76 bits per heavy atom. The highest BCUT2D eigenvalue weighted by atomic mass is 32.2. The molecule has 2 fully saturated rings. The number of rotatable bonds is 7. The minimum absolute atomic E-state index is 0.114. The van der Waals surface area contributed by atoms with E-state index in [1.807, 2.05) is 17.8 Å². The summed E-state index contributed by atoms with van der Waals surface area (Å²) in [6.45, 7) is 1.27. The highest BCUT2D eigenvalue weighted by Crippen LogP contribution is 2.23. The molecule has 21 heavy (non-hydrogen) atoms. The first-order valence-electron chi connectivity index (χ1n) is 7.39. The SMILES string of the molecule is O=S(=O)(NCC1CCSC1)c1ccc(CNC2CC2)cn1. The summed E-state index contributed by atoms with van der Waals surface area (Å²) < 4.78 is 27.0. The van der Waals surface area contributed by atoms with Crippen LogP contribution in [0.25, 0.3) is 0 Å². The molecule has 1 aromatic rings. The fraction of sp³-hybridized carbons (Fsp3) is 0.643. The van der Waals surface area contributed by atoms with Crippen molar-refractivity contribution in [2.24, 2.45) is 5.92 Å². The van der Waals surface area contributed by atoms with Crippen LogP contribution in [0.3, 0.4) is 0 Å². The second-order valence-electron chi connectivity index (χ2n) is 5.74. The molecule has 1 unspecified atom stereocenters. The number of aromatic nitrogens is 1. The van der Waals surface area contributed by atoms with Crippen LogP contribution in [0.15, 0.2) is 23.4 Å². The van der Waals surface area contributed by atoms with E-state index in [1.54, 1.807) is 12.3 Å². The lowest BCUT2D eigenvalue weighted by Gasteiger charge is -2.10. The van der Waals surface area contributed by atoms with Crippen LogP contribution in [0.5, 0.6) is 0 Å². The van der Waals surface area contributed by atoms with Gasteiger partial charge in [-0.05, 0) is 48.3 Å². The van der Waals surface area contributed by atoms with Gasteiger partial charge in [-0.3, -0.25) is 0 Å². The average Bonchev–Trinajstić information content (AvgIpc) is 3.17. The lowest BCUT2D eigenvalue weighted by atomic mass is 10.1. The molecule has 1 saturated heterocycles. The Morgan fingerprint density at radius 1 is 1.29 bits per heavy atom. The zero-order chi connectivity index (χ0) is 14.7. The van der Waals surface area contributed by atoms with Crippen molar-refractivity contribution in [1.82, 2.24) is 15.0 Å². The molecule has 0 amide bonds. The van der Waals surface area contributed by atoms with Crippen LogP contribution in [0, 0.1) is 5.92 Å². The van der Waals surface area contributed by atoms with Gasteiger partial charge in [0, 0.05) is 25.3 Å². The quantitative estimate of drug-likeness (QED) is 0.791. The van der Waals surface area contributed by atoms with Crippen LogP contribution in [0.4, 0.5) is 0 Å². The first-order valence-corrected chi connectivity index (χ1v) is 10.0. The predicted octanol–water partition coefficient (Wildman–Crippen LogP) is 1.36. The number of nitrogens with one attached hydrogen (secondary N) is 2. The molecular formula is C14H21N3O2S2. The Kier molecular flexibility index (Phi) is 4.83. The lowest BCUT2D eigenvalue weighted by molar-refractivity contribution is 0.543. The molecular weight excluding hydrogens is 306 g/mol. The third-order valence-electron chi connectivity index (χ3n) is 3.83. The molecule has 116 valence electrons. The van der Waals surface area contributed by atoms with Crippen LogP contribution in [0.1, 0.15) is 24.8 Å². The zero-order valence-electron chi connectivity index (χ0n) is 11.9. The van der Waals surface area contributed by atoms with Gasteiger partial charge < -0.3 is 5.32 Å². The molecule has 2 heterocycles. The minimum atomic E-state index is -3.47. The van der Waals surface area contributed by atoms with Crippen molar-refractivity contribution in [3.05, 3.63) is 23.9 Å². The van der Waals surface area contributed by atoms with E-state index in [4.69, 9.17) is 0 Å². The molecule has 0 radical (unpaired) electrons. The maximum Gasteiger partial charge on any atom is 0.258 e. The molecule has 3 rings (SSSR count). The molecule has 5 nitrogen and oxygen atoms in total. The van der Waals surface area contributed by atoms with Crippen molar-refractivity contribution in [3.8, 4) is 0 Å². The van der Waals surface area contributed by atoms with E-state index in [-0.39, 0.29) is 5.03 Å². The molecule has 1 aromatic heterocycles. The minimum Gasteiger partial charge on any atom is -0.310 e. The van der Waals surface area contributed by atoms with Gasteiger partial charge in [-0.15, -0.1) is 0 Å². The summed E-state index contributed by atoms with van der Waals surface area (Å²) in [7, 11) is -3.47. The van der Waals surface area contributed by atoms with Gasteiger partial charge in [0.05, 0.1) is 0 Å². The van der Waals surface area contributed by atoms with Crippen molar-refractivity contribution < 1.29 is 8.42 Å². The van der Waals surface area contributed by atoms with E-state index >= 15 is 0 Å². The monoisotopic (exact) mass is 327 g/mol. The van der Waals surface area contributed by atoms with Gasteiger partial charge in [0.2, 0.25) is 0 Å². The van der Waals surface area contributed by atoms with E-state index in [0.29, 0.717) is 18.5 Å². The molecule has 1 aliphatic carbocycles. The predicted molar refractivity (Wildman–Crippen MR) is 84.7 cm³/mol. The fourth-order valence-electron chi connectivity index (χ4n) is 2.27. The Labute approximate surface area is 130 Å². The first kappa shape index (κ1) is 15.3. The number of hydrogen-bond donors (Lipinski definition) is 2.